The number of sulfonamides is 1. The van der Waals surface area contributed by atoms with Crippen LogP contribution in [-0.2, 0) is 19.6 Å². The van der Waals surface area contributed by atoms with Gasteiger partial charge in [0.1, 0.15) is 0 Å². The Kier molecular flexibility index (Phi) is 6.25. The Morgan fingerprint density at radius 2 is 1.96 bits per heavy atom. The van der Waals surface area contributed by atoms with Crippen molar-refractivity contribution >= 4 is 32.4 Å². The second-order valence-corrected chi connectivity index (χ2v) is 9.17. The predicted molar refractivity (Wildman–Crippen MR) is 105 cm³/mol. The third-order valence-corrected chi connectivity index (χ3v) is 7.22. The molecule has 1 N–H and O–H groups in total. The molecule has 27 heavy (non-hydrogen) atoms. The van der Waals surface area contributed by atoms with E-state index in [1.54, 1.807) is 24.3 Å². The van der Waals surface area contributed by atoms with Crippen LogP contribution in [0.1, 0.15) is 20.3 Å². The van der Waals surface area contributed by atoms with Crippen LogP contribution in [0.5, 0.6) is 0 Å². The molecule has 146 valence electrons. The summed E-state index contributed by atoms with van der Waals surface area (Å²) in [4.78, 5) is 16.7. The van der Waals surface area contributed by atoms with Crippen molar-refractivity contribution in [2.45, 2.75) is 25.2 Å². The van der Waals surface area contributed by atoms with Crippen LogP contribution in [0.4, 0.5) is 5.13 Å². The fourth-order valence-electron chi connectivity index (χ4n) is 2.61. The fourth-order valence-corrected chi connectivity index (χ4v) is 4.74. The summed E-state index contributed by atoms with van der Waals surface area (Å²) in [5.74, 6) is -0.118. The third kappa shape index (κ3) is 4.55. The molecule has 3 rings (SSSR count). The molecule has 0 radical (unpaired) electrons. The monoisotopic (exact) mass is 409 g/mol. The van der Waals surface area contributed by atoms with Crippen molar-refractivity contribution < 1.29 is 17.9 Å². The zero-order valence-electron chi connectivity index (χ0n) is 15.3. The maximum Gasteiger partial charge on any atom is 0.243 e. The largest absolute Gasteiger partial charge is 0.379 e. The van der Waals surface area contributed by atoms with Gasteiger partial charge >= 0.3 is 0 Å². The first-order valence-electron chi connectivity index (χ1n) is 8.86. The highest BCUT2D eigenvalue weighted by Crippen LogP contribution is 2.27. The minimum Gasteiger partial charge on any atom is -0.379 e. The molecule has 1 atom stereocenters. The molecular formula is C18H23N3O4S2. The topological polar surface area (TPSA) is 88.6 Å². The number of benzene rings is 1. The first-order valence-corrected chi connectivity index (χ1v) is 11.2. The van der Waals surface area contributed by atoms with E-state index in [1.807, 2.05) is 19.2 Å². The maximum absolute atomic E-state index is 12.7. The van der Waals surface area contributed by atoms with Crippen molar-refractivity contribution in [2.75, 3.05) is 31.6 Å². The summed E-state index contributed by atoms with van der Waals surface area (Å²) in [6, 6.07) is 6.67. The lowest BCUT2D eigenvalue weighted by atomic mass is 10.1. The quantitative estimate of drug-likeness (QED) is 0.793. The number of aromatic nitrogens is 1. The van der Waals surface area contributed by atoms with Gasteiger partial charge in [0.2, 0.25) is 15.9 Å². The van der Waals surface area contributed by atoms with Gasteiger partial charge in [-0.15, -0.1) is 11.3 Å². The van der Waals surface area contributed by atoms with Crippen molar-refractivity contribution in [2.24, 2.45) is 5.92 Å². The van der Waals surface area contributed by atoms with Crippen LogP contribution in [-0.4, -0.2) is 49.9 Å². The van der Waals surface area contributed by atoms with Gasteiger partial charge in [0.25, 0.3) is 0 Å². The molecule has 0 saturated carbocycles. The molecule has 1 aromatic heterocycles. The van der Waals surface area contributed by atoms with E-state index in [9.17, 15) is 13.2 Å². The van der Waals surface area contributed by atoms with Crippen molar-refractivity contribution in [1.29, 1.82) is 0 Å². The van der Waals surface area contributed by atoms with Crippen LogP contribution in [0.15, 0.2) is 34.5 Å². The lowest BCUT2D eigenvalue weighted by molar-refractivity contribution is -0.119. The highest BCUT2D eigenvalue weighted by molar-refractivity contribution is 7.89. The number of hydrogen-bond donors (Lipinski definition) is 1. The summed E-state index contributed by atoms with van der Waals surface area (Å²) in [5.41, 5.74) is 1.51. The summed E-state index contributed by atoms with van der Waals surface area (Å²) >= 11 is 1.35. The van der Waals surface area contributed by atoms with Gasteiger partial charge in [0, 0.05) is 30.0 Å². The Morgan fingerprint density at radius 1 is 1.30 bits per heavy atom. The predicted octanol–water partition coefficient (Wildman–Crippen LogP) is 2.82. The van der Waals surface area contributed by atoms with Gasteiger partial charge in [-0.05, 0) is 18.6 Å². The molecule has 1 fully saturated rings. The highest BCUT2D eigenvalue weighted by atomic mass is 32.2. The van der Waals surface area contributed by atoms with E-state index >= 15 is 0 Å². The molecule has 1 aliphatic heterocycles. The van der Waals surface area contributed by atoms with Gasteiger partial charge < -0.3 is 10.1 Å². The average Bonchev–Trinajstić information content (AvgIpc) is 3.16. The first-order chi connectivity index (χ1) is 12.9. The van der Waals surface area contributed by atoms with E-state index < -0.39 is 10.0 Å². The van der Waals surface area contributed by atoms with Crippen molar-refractivity contribution in [3.8, 4) is 11.3 Å². The number of carbonyl (C=O) groups excluding carboxylic acids is 1. The number of nitrogens with zero attached hydrogens (tertiary/aromatic N) is 2. The Hall–Kier alpha value is -1.81. The lowest BCUT2D eigenvalue weighted by Gasteiger charge is -2.26. The van der Waals surface area contributed by atoms with E-state index in [0.29, 0.717) is 37.1 Å². The number of nitrogens with one attached hydrogen (secondary N) is 1. The normalized spacial score (nSPS) is 16.8. The molecule has 1 amide bonds. The molecule has 0 spiro atoms. The van der Waals surface area contributed by atoms with Crippen molar-refractivity contribution in [3.63, 3.8) is 0 Å². The standard InChI is InChI=1S/C18H23N3O4S2/c1-3-13(2)17(22)20-18-19-16(12-26-18)14-4-6-15(7-5-14)27(23,24)21-8-10-25-11-9-21/h4-7,12-13H,3,8-11H2,1-2H3,(H,19,20,22). The van der Waals surface area contributed by atoms with Gasteiger partial charge in [-0.25, -0.2) is 13.4 Å². The average molecular weight is 410 g/mol. The smallest absolute Gasteiger partial charge is 0.243 e. The Labute approximate surface area is 163 Å². The molecule has 0 bridgehead atoms. The van der Waals surface area contributed by atoms with Crippen molar-refractivity contribution in [1.82, 2.24) is 9.29 Å². The van der Waals surface area contributed by atoms with E-state index in [-0.39, 0.29) is 16.7 Å². The minimum atomic E-state index is -3.51. The van der Waals surface area contributed by atoms with Crippen LogP contribution in [0, 0.1) is 5.92 Å². The van der Waals surface area contributed by atoms with Gasteiger partial charge in [0.15, 0.2) is 5.13 Å². The number of rotatable bonds is 6. The number of hydrogen-bond acceptors (Lipinski definition) is 6. The van der Waals surface area contributed by atoms with E-state index in [2.05, 4.69) is 10.3 Å². The van der Waals surface area contributed by atoms with E-state index in [1.165, 1.54) is 15.6 Å². The van der Waals surface area contributed by atoms with Gasteiger partial charge in [0.05, 0.1) is 23.8 Å². The van der Waals surface area contributed by atoms with Gasteiger partial charge in [-0.1, -0.05) is 26.0 Å². The first kappa shape index (κ1) is 19.9. The van der Waals surface area contributed by atoms with Crippen LogP contribution in [0.2, 0.25) is 0 Å². The summed E-state index contributed by atoms with van der Waals surface area (Å²) in [5, 5.41) is 5.20. The molecule has 1 unspecified atom stereocenters. The van der Waals surface area contributed by atoms with Crippen LogP contribution in [0.25, 0.3) is 11.3 Å². The number of amides is 1. The van der Waals surface area contributed by atoms with Crippen molar-refractivity contribution in [3.05, 3.63) is 29.6 Å². The summed E-state index contributed by atoms with van der Waals surface area (Å²) in [6.45, 7) is 5.41. The number of thiazole rings is 1. The summed E-state index contributed by atoms with van der Waals surface area (Å²) < 4.78 is 32.0. The molecule has 1 aliphatic rings. The Morgan fingerprint density at radius 3 is 2.59 bits per heavy atom. The highest BCUT2D eigenvalue weighted by Gasteiger charge is 2.26. The molecule has 2 heterocycles. The Bertz CT molecular complexity index is 888. The van der Waals surface area contributed by atoms with Gasteiger partial charge in [-0.3, -0.25) is 4.79 Å². The molecule has 0 aliphatic carbocycles. The lowest BCUT2D eigenvalue weighted by Crippen LogP contribution is -2.40. The number of anilines is 1. The minimum absolute atomic E-state index is 0.0506. The van der Waals surface area contributed by atoms with E-state index in [4.69, 9.17) is 4.74 Å². The molecule has 1 aromatic carbocycles. The SMILES string of the molecule is CCC(C)C(=O)Nc1nc(-c2ccc(S(=O)(=O)N3CCOCC3)cc2)cs1. The zero-order valence-corrected chi connectivity index (χ0v) is 17.0. The molecule has 9 heteroatoms. The summed E-state index contributed by atoms with van der Waals surface area (Å²) in [7, 11) is -3.51. The molecule has 7 nitrogen and oxygen atoms in total. The number of carbonyl (C=O) groups is 1. The van der Waals surface area contributed by atoms with Crippen LogP contribution < -0.4 is 5.32 Å². The zero-order chi connectivity index (χ0) is 19.4. The Balaban J connectivity index is 1.73. The van der Waals surface area contributed by atoms with E-state index in [0.717, 1.165) is 12.0 Å². The van der Waals surface area contributed by atoms with Crippen LogP contribution in [0.3, 0.4) is 0 Å². The molecular weight excluding hydrogens is 386 g/mol. The fraction of sp³-hybridized carbons (Fsp3) is 0.444. The second kappa shape index (κ2) is 8.47. The number of ether oxygens (including phenoxy) is 1. The summed E-state index contributed by atoms with van der Waals surface area (Å²) in [6.07, 6.45) is 0.767. The third-order valence-electron chi connectivity index (χ3n) is 4.55. The van der Waals surface area contributed by atoms with Crippen LogP contribution >= 0.6 is 11.3 Å². The van der Waals surface area contributed by atoms with Gasteiger partial charge in [-0.2, -0.15) is 4.31 Å². The number of morpholine rings is 1. The maximum atomic E-state index is 12.7. The molecule has 2 aromatic rings. The molecule has 1 saturated heterocycles. The second-order valence-electron chi connectivity index (χ2n) is 6.38.